The highest BCUT2D eigenvalue weighted by Crippen LogP contribution is 2.47. The van der Waals surface area contributed by atoms with Crippen LogP contribution in [0, 0.1) is 5.41 Å². The Hall–Kier alpha value is -1.24. The highest BCUT2D eigenvalue weighted by atomic mass is 16.3. The summed E-state index contributed by atoms with van der Waals surface area (Å²) in [5.74, 6) is 0.835. The first-order chi connectivity index (χ1) is 8.44. The standard InChI is InChI=1S/C17H24O/c1-5-13-9-14(11-15(18)10-13)16-12(2)7-6-8-17(16,3)4/h7,9-11,16,18H,5-6,8H2,1-4H3. The summed E-state index contributed by atoms with van der Waals surface area (Å²) >= 11 is 0. The Bertz CT molecular complexity index is 468. The maximum absolute atomic E-state index is 9.89. The molecule has 1 heteroatoms. The molecule has 0 fully saturated rings. The number of rotatable bonds is 2. The van der Waals surface area contributed by atoms with Gasteiger partial charge in [0, 0.05) is 5.92 Å². The Morgan fingerprint density at radius 2 is 2.00 bits per heavy atom. The van der Waals surface area contributed by atoms with E-state index in [2.05, 4.69) is 39.8 Å². The Morgan fingerprint density at radius 1 is 1.28 bits per heavy atom. The zero-order valence-corrected chi connectivity index (χ0v) is 12.0. The van der Waals surface area contributed by atoms with Gasteiger partial charge in [-0.25, -0.2) is 0 Å². The zero-order chi connectivity index (χ0) is 13.3. The Balaban J connectivity index is 2.49. The van der Waals surface area contributed by atoms with E-state index in [0.717, 1.165) is 6.42 Å². The minimum atomic E-state index is 0.275. The van der Waals surface area contributed by atoms with Gasteiger partial charge in [0.15, 0.2) is 0 Å². The molecule has 1 atom stereocenters. The van der Waals surface area contributed by atoms with Crippen LogP contribution >= 0.6 is 0 Å². The van der Waals surface area contributed by atoms with Crippen molar-refractivity contribution in [2.75, 3.05) is 0 Å². The lowest BCUT2D eigenvalue weighted by Crippen LogP contribution is -2.26. The minimum absolute atomic E-state index is 0.275. The van der Waals surface area contributed by atoms with E-state index < -0.39 is 0 Å². The van der Waals surface area contributed by atoms with E-state index in [1.54, 1.807) is 0 Å². The van der Waals surface area contributed by atoms with Crippen LogP contribution in [0.3, 0.4) is 0 Å². The maximum atomic E-state index is 9.89. The molecule has 0 spiro atoms. The molecule has 98 valence electrons. The van der Waals surface area contributed by atoms with E-state index in [9.17, 15) is 5.11 Å². The summed E-state index contributed by atoms with van der Waals surface area (Å²) < 4.78 is 0. The van der Waals surface area contributed by atoms with Crippen LogP contribution in [0.25, 0.3) is 0 Å². The molecule has 0 saturated heterocycles. The fourth-order valence-electron chi connectivity index (χ4n) is 3.34. The van der Waals surface area contributed by atoms with Crippen LogP contribution in [0.2, 0.25) is 0 Å². The zero-order valence-electron chi connectivity index (χ0n) is 12.0. The molecule has 0 saturated carbocycles. The van der Waals surface area contributed by atoms with Gasteiger partial charge < -0.3 is 5.11 Å². The summed E-state index contributed by atoms with van der Waals surface area (Å²) in [6.07, 6.45) is 5.71. The lowest BCUT2D eigenvalue weighted by molar-refractivity contribution is 0.275. The molecule has 1 aliphatic rings. The normalized spacial score (nSPS) is 22.7. The van der Waals surface area contributed by atoms with E-state index in [4.69, 9.17) is 0 Å². The predicted molar refractivity (Wildman–Crippen MR) is 77.0 cm³/mol. The van der Waals surface area contributed by atoms with Gasteiger partial charge in [-0.3, -0.25) is 0 Å². The van der Waals surface area contributed by atoms with Crippen molar-refractivity contribution in [3.8, 4) is 5.75 Å². The number of hydrogen-bond donors (Lipinski definition) is 1. The molecule has 1 N–H and O–H groups in total. The predicted octanol–water partition coefficient (Wildman–Crippen LogP) is 4.80. The molecular weight excluding hydrogens is 220 g/mol. The average molecular weight is 244 g/mol. The Kier molecular flexibility index (Phi) is 3.52. The molecule has 0 aliphatic heterocycles. The molecule has 1 aromatic rings. The van der Waals surface area contributed by atoms with Gasteiger partial charge in [-0.2, -0.15) is 0 Å². The molecular formula is C17H24O. The molecule has 0 aromatic heterocycles. The molecule has 1 aliphatic carbocycles. The quantitative estimate of drug-likeness (QED) is 0.741. The van der Waals surface area contributed by atoms with Gasteiger partial charge in [0.1, 0.15) is 5.75 Å². The molecule has 2 rings (SSSR count). The van der Waals surface area contributed by atoms with Crippen LogP contribution in [0.15, 0.2) is 29.8 Å². The molecule has 0 heterocycles. The van der Waals surface area contributed by atoms with Gasteiger partial charge in [-0.15, -0.1) is 0 Å². The largest absolute Gasteiger partial charge is 0.508 e. The van der Waals surface area contributed by atoms with E-state index in [1.165, 1.54) is 29.5 Å². The van der Waals surface area contributed by atoms with Crippen LogP contribution in [0.5, 0.6) is 5.75 Å². The van der Waals surface area contributed by atoms with Crippen molar-refractivity contribution in [1.29, 1.82) is 0 Å². The molecule has 1 aromatic carbocycles. The van der Waals surface area contributed by atoms with Crippen molar-refractivity contribution < 1.29 is 5.11 Å². The van der Waals surface area contributed by atoms with Crippen molar-refractivity contribution in [1.82, 2.24) is 0 Å². The first-order valence-electron chi connectivity index (χ1n) is 6.93. The summed E-state index contributed by atoms with van der Waals surface area (Å²) in [6, 6.07) is 6.07. The third kappa shape index (κ3) is 2.45. The third-order valence-electron chi connectivity index (χ3n) is 4.23. The van der Waals surface area contributed by atoms with E-state index in [0.29, 0.717) is 11.7 Å². The molecule has 1 unspecified atom stereocenters. The second-order valence-corrected chi connectivity index (χ2v) is 6.19. The van der Waals surface area contributed by atoms with Crippen LogP contribution in [0.1, 0.15) is 57.6 Å². The number of aryl methyl sites for hydroxylation is 1. The first-order valence-corrected chi connectivity index (χ1v) is 6.93. The SMILES string of the molecule is CCc1cc(O)cc(C2C(C)=CCCC2(C)C)c1. The molecule has 0 amide bonds. The van der Waals surface area contributed by atoms with E-state index in [-0.39, 0.29) is 5.41 Å². The van der Waals surface area contributed by atoms with Crippen LogP contribution in [-0.4, -0.2) is 5.11 Å². The van der Waals surface area contributed by atoms with Crippen LogP contribution in [-0.2, 0) is 6.42 Å². The smallest absolute Gasteiger partial charge is 0.116 e. The lowest BCUT2D eigenvalue weighted by atomic mass is 9.66. The third-order valence-corrected chi connectivity index (χ3v) is 4.23. The number of aromatic hydroxyl groups is 1. The monoisotopic (exact) mass is 244 g/mol. The van der Waals surface area contributed by atoms with Crippen molar-refractivity contribution in [3.05, 3.63) is 41.0 Å². The van der Waals surface area contributed by atoms with E-state index >= 15 is 0 Å². The molecule has 0 bridgehead atoms. The fourth-order valence-corrected chi connectivity index (χ4v) is 3.34. The number of benzene rings is 1. The van der Waals surface area contributed by atoms with Crippen molar-refractivity contribution in [3.63, 3.8) is 0 Å². The van der Waals surface area contributed by atoms with Crippen molar-refractivity contribution >= 4 is 0 Å². The molecule has 0 radical (unpaired) electrons. The summed E-state index contributed by atoms with van der Waals surface area (Å²) in [7, 11) is 0. The summed E-state index contributed by atoms with van der Waals surface area (Å²) in [4.78, 5) is 0. The second-order valence-electron chi connectivity index (χ2n) is 6.19. The number of hydrogen-bond acceptors (Lipinski definition) is 1. The van der Waals surface area contributed by atoms with Crippen molar-refractivity contribution in [2.45, 2.75) is 52.9 Å². The van der Waals surface area contributed by atoms with Gasteiger partial charge in [0.25, 0.3) is 0 Å². The maximum Gasteiger partial charge on any atom is 0.116 e. The van der Waals surface area contributed by atoms with Gasteiger partial charge >= 0.3 is 0 Å². The highest BCUT2D eigenvalue weighted by molar-refractivity contribution is 5.40. The lowest BCUT2D eigenvalue weighted by Gasteiger charge is -2.39. The summed E-state index contributed by atoms with van der Waals surface area (Å²) in [5.41, 5.74) is 4.21. The Morgan fingerprint density at radius 3 is 2.61 bits per heavy atom. The second kappa shape index (κ2) is 4.79. The first kappa shape index (κ1) is 13.2. The topological polar surface area (TPSA) is 20.2 Å². The van der Waals surface area contributed by atoms with Crippen LogP contribution < -0.4 is 0 Å². The van der Waals surface area contributed by atoms with E-state index in [1.807, 2.05) is 12.1 Å². The van der Waals surface area contributed by atoms with Gasteiger partial charge in [-0.05, 0) is 54.9 Å². The molecule has 1 nitrogen and oxygen atoms in total. The summed E-state index contributed by atoms with van der Waals surface area (Å²) in [5, 5.41) is 9.89. The van der Waals surface area contributed by atoms with Gasteiger partial charge in [-0.1, -0.05) is 38.5 Å². The van der Waals surface area contributed by atoms with Crippen LogP contribution in [0.4, 0.5) is 0 Å². The highest BCUT2D eigenvalue weighted by Gasteiger charge is 2.34. The van der Waals surface area contributed by atoms with Gasteiger partial charge in [0.2, 0.25) is 0 Å². The Labute approximate surface area is 111 Å². The minimum Gasteiger partial charge on any atom is -0.508 e. The average Bonchev–Trinajstić information content (AvgIpc) is 2.26. The summed E-state index contributed by atoms with van der Waals surface area (Å²) in [6.45, 7) is 9.03. The number of phenolic OH excluding ortho intramolecular Hbond substituents is 1. The van der Waals surface area contributed by atoms with Crippen molar-refractivity contribution in [2.24, 2.45) is 5.41 Å². The van der Waals surface area contributed by atoms with Gasteiger partial charge in [0.05, 0.1) is 0 Å². The number of phenols is 1. The molecule has 18 heavy (non-hydrogen) atoms. The number of allylic oxidation sites excluding steroid dienone is 2. The fraction of sp³-hybridized carbons (Fsp3) is 0.529.